The SMILES string of the molecule is O=C(CCNC(=O)OCC1c2ccccc2-c2ccccc21)NCC(F)(F)C(=O)O. The minimum absolute atomic E-state index is 0.107. The molecule has 158 valence electrons. The number of fused-ring (bicyclic) bond motifs is 3. The Morgan fingerprint density at radius 2 is 1.53 bits per heavy atom. The Morgan fingerprint density at radius 1 is 0.967 bits per heavy atom. The molecule has 0 heterocycles. The van der Waals surface area contributed by atoms with Crippen LogP contribution in [-0.4, -0.2) is 48.7 Å². The van der Waals surface area contributed by atoms with Gasteiger partial charge in [-0.2, -0.15) is 8.78 Å². The monoisotopic (exact) mass is 418 g/mol. The summed E-state index contributed by atoms with van der Waals surface area (Å²) in [5, 5.41) is 12.5. The Balaban J connectivity index is 1.46. The fourth-order valence-corrected chi connectivity index (χ4v) is 3.30. The third-order valence-corrected chi connectivity index (χ3v) is 4.79. The van der Waals surface area contributed by atoms with E-state index in [-0.39, 0.29) is 25.5 Å². The van der Waals surface area contributed by atoms with E-state index in [0.29, 0.717) is 0 Å². The van der Waals surface area contributed by atoms with Gasteiger partial charge < -0.3 is 20.5 Å². The molecule has 0 atom stereocenters. The third-order valence-electron chi connectivity index (χ3n) is 4.79. The van der Waals surface area contributed by atoms with Gasteiger partial charge in [-0.25, -0.2) is 9.59 Å². The van der Waals surface area contributed by atoms with E-state index in [1.54, 1.807) is 0 Å². The van der Waals surface area contributed by atoms with Crippen molar-refractivity contribution < 1.29 is 33.0 Å². The van der Waals surface area contributed by atoms with Crippen LogP contribution in [0.4, 0.5) is 13.6 Å². The highest BCUT2D eigenvalue weighted by Gasteiger charge is 2.38. The van der Waals surface area contributed by atoms with Crippen LogP contribution in [0.1, 0.15) is 23.5 Å². The summed E-state index contributed by atoms with van der Waals surface area (Å²) in [6.07, 6.45) is -1.03. The van der Waals surface area contributed by atoms with Crippen molar-refractivity contribution >= 4 is 18.0 Å². The molecule has 0 fully saturated rings. The van der Waals surface area contributed by atoms with Crippen LogP contribution < -0.4 is 10.6 Å². The quantitative estimate of drug-likeness (QED) is 0.612. The van der Waals surface area contributed by atoms with E-state index in [1.165, 1.54) is 0 Å². The van der Waals surface area contributed by atoms with Crippen LogP contribution in [0, 0.1) is 0 Å². The zero-order valence-electron chi connectivity index (χ0n) is 15.9. The second kappa shape index (κ2) is 8.89. The van der Waals surface area contributed by atoms with Gasteiger partial charge in [0, 0.05) is 18.9 Å². The molecule has 7 nitrogen and oxygen atoms in total. The Bertz CT molecular complexity index is 918. The van der Waals surface area contributed by atoms with E-state index in [1.807, 2.05) is 53.8 Å². The first-order valence-electron chi connectivity index (χ1n) is 9.26. The topological polar surface area (TPSA) is 105 Å². The average molecular weight is 418 g/mol. The number of ether oxygens (including phenoxy) is 1. The molecule has 2 aromatic rings. The van der Waals surface area contributed by atoms with E-state index in [9.17, 15) is 23.2 Å². The second-order valence-electron chi connectivity index (χ2n) is 6.79. The van der Waals surface area contributed by atoms with Crippen molar-refractivity contribution in [2.24, 2.45) is 0 Å². The zero-order chi connectivity index (χ0) is 21.7. The lowest BCUT2D eigenvalue weighted by atomic mass is 9.98. The highest BCUT2D eigenvalue weighted by molar-refractivity contribution is 5.80. The van der Waals surface area contributed by atoms with Crippen LogP contribution in [0.3, 0.4) is 0 Å². The maximum absolute atomic E-state index is 12.9. The van der Waals surface area contributed by atoms with Crippen molar-refractivity contribution in [3.05, 3.63) is 59.7 Å². The molecule has 2 amide bonds. The first kappa shape index (κ1) is 21.2. The lowest BCUT2D eigenvalue weighted by Crippen LogP contribution is -2.42. The van der Waals surface area contributed by atoms with Gasteiger partial charge in [0.05, 0.1) is 6.54 Å². The molecule has 0 saturated heterocycles. The number of amides is 2. The predicted octanol–water partition coefficient (Wildman–Crippen LogP) is 2.75. The van der Waals surface area contributed by atoms with Crippen molar-refractivity contribution in [1.82, 2.24) is 10.6 Å². The normalized spacial score (nSPS) is 12.6. The molecular weight excluding hydrogens is 398 g/mol. The van der Waals surface area contributed by atoms with E-state index < -0.39 is 30.4 Å². The van der Waals surface area contributed by atoms with Gasteiger partial charge in [0.25, 0.3) is 0 Å². The molecule has 0 saturated carbocycles. The van der Waals surface area contributed by atoms with Crippen LogP contribution in [0.25, 0.3) is 11.1 Å². The fraction of sp³-hybridized carbons (Fsp3) is 0.286. The Hall–Kier alpha value is -3.49. The number of aliphatic carboxylic acids is 1. The van der Waals surface area contributed by atoms with E-state index >= 15 is 0 Å². The molecule has 0 bridgehead atoms. The van der Waals surface area contributed by atoms with Gasteiger partial charge in [-0.05, 0) is 22.3 Å². The second-order valence-corrected chi connectivity index (χ2v) is 6.79. The van der Waals surface area contributed by atoms with Gasteiger partial charge in [-0.15, -0.1) is 0 Å². The first-order chi connectivity index (χ1) is 14.3. The number of hydrogen-bond donors (Lipinski definition) is 3. The predicted molar refractivity (Wildman–Crippen MR) is 103 cm³/mol. The number of carbonyl (C=O) groups excluding carboxylic acids is 2. The molecule has 3 N–H and O–H groups in total. The summed E-state index contributed by atoms with van der Waals surface area (Å²) in [7, 11) is 0. The number of carboxylic acid groups (broad SMARTS) is 1. The van der Waals surface area contributed by atoms with Gasteiger partial charge in [0.1, 0.15) is 6.61 Å². The van der Waals surface area contributed by atoms with Gasteiger partial charge in [0.15, 0.2) is 0 Å². The molecule has 30 heavy (non-hydrogen) atoms. The number of alkyl halides is 2. The molecule has 0 aromatic heterocycles. The maximum atomic E-state index is 12.9. The van der Waals surface area contributed by atoms with Crippen LogP contribution in [0.2, 0.25) is 0 Å². The third kappa shape index (κ3) is 4.73. The van der Waals surface area contributed by atoms with Crippen LogP contribution >= 0.6 is 0 Å². The zero-order valence-corrected chi connectivity index (χ0v) is 15.9. The van der Waals surface area contributed by atoms with Crippen LogP contribution in [-0.2, 0) is 14.3 Å². The Morgan fingerprint density at radius 3 is 2.10 bits per heavy atom. The number of rotatable bonds is 8. The van der Waals surface area contributed by atoms with Gasteiger partial charge in [-0.1, -0.05) is 48.5 Å². The molecule has 3 rings (SSSR count). The number of alkyl carbamates (subject to hydrolysis) is 1. The minimum Gasteiger partial charge on any atom is -0.477 e. The summed E-state index contributed by atoms with van der Waals surface area (Å²) in [6.45, 7) is -1.34. The summed E-state index contributed by atoms with van der Waals surface area (Å²) in [5.41, 5.74) is 4.31. The number of benzene rings is 2. The fourth-order valence-electron chi connectivity index (χ4n) is 3.30. The summed E-state index contributed by atoms with van der Waals surface area (Å²) in [4.78, 5) is 33.8. The first-order valence-corrected chi connectivity index (χ1v) is 9.26. The van der Waals surface area contributed by atoms with Crippen molar-refractivity contribution in [2.75, 3.05) is 19.7 Å². The summed E-state index contributed by atoms with van der Waals surface area (Å²) in [5.74, 6) is -7.28. The number of carbonyl (C=O) groups is 3. The molecule has 1 aliphatic rings. The summed E-state index contributed by atoms with van der Waals surface area (Å²) < 4.78 is 31.1. The summed E-state index contributed by atoms with van der Waals surface area (Å²) >= 11 is 0. The van der Waals surface area contributed by atoms with Crippen molar-refractivity contribution in [1.29, 1.82) is 0 Å². The van der Waals surface area contributed by atoms with Gasteiger partial charge in [0.2, 0.25) is 5.91 Å². The Labute approximate surface area is 171 Å². The molecule has 0 radical (unpaired) electrons. The van der Waals surface area contributed by atoms with E-state index in [4.69, 9.17) is 9.84 Å². The van der Waals surface area contributed by atoms with E-state index in [0.717, 1.165) is 22.3 Å². The molecule has 0 unspecified atom stereocenters. The smallest absolute Gasteiger partial charge is 0.407 e. The molecule has 0 aliphatic heterocycles. The summed E-state index contributed by atoms with van der Waals surface area (Å²) in [6, 6.07) is 15.7. The largest absolute Gasteiger partial charge is 0.477 e. The number of halogens is 2. The molecular formula is C21H20F2N2O5. The number of carboxylic acids is 1. The lowest BCUT2D eigenvalue weighted by Gasteiger charge is -2.15. The Kier molecular flexibility index (Phi) is 6.29. The van der Waals surface area contributed by atoms with Gasteiger partial charge in [-0.3, -0.25) is 4.79 Å². The van der Waals surface area contributed by atoms with Crippen LogP contribution in [0.5, 0.6) is 0 Å². The number of nitrogens with one attached hydrogen (secondary N) is 2. The van der Waals surface area contributed by atoms with Gasteiger partial charge >= 0.3 is 18.0 Å². The molecule has 2 aromatic carbocycles. The minimum atomic E-state index is -4.05. The number of hydrogen-bond acceptors (Lipinski definition) is 4. The maximum Gasteiger partial charge on any atom is 0.407 e. The highest BCUT2D eigenvalue weighted by atomic mass is 19.3. The lowest BCUT2D eigenvalue weighted by molar-refractivity contribution is -0.164. The molecule has 9 heteroatoms. The standard InChI is InChI=1S/C21H20F2N2O5/c22-21(23,19(27)28)12-25-18(26)9-10-24-20(29)30-11-17-15-7-3-1-5-13(15)14-6-2-4-8-16(14)17/h1-8,17H,9-12H2,(H,24,29)(H,25,26)(H,27,28). The van der Waals surface area contributed by atoms with Crippen molar-refractivity contribution in [3.8, 4) is 11.1 Å². The van der Waals surface area contributed by atoms with Crippen molar-refractivity contribution in [3.63, 3.8) is 0 Å². The highest BCUT2D eigenvalue weighted by Crippen LogP contribution is 2.44. The van der Waals surface area contributed by atoms with Crippen LogP contribution in [0.15, 0.2) is 48.5 Å². The van der Waals surface area contributed by atoms with Crippen molar-refractivity contribution in [2.45, 2.75) is 18.3 Å². The average Bonchev–Trinajstić information content (AvgIpc) is 3.04. The molecule has 0 spiro atoms. The molecule has 1 aliphatic carbocycles. The van der Waals surface area contributed by atoms with E-state index in [2.05, 4.69) is 5.32 Å².